The third-order valence-electron chi connectivity index (χ3n) is 5.39. The number of para-hydroxylation sites is 1. The fourth-order valence-electron chi connectivity index (χ4n) is 3.84. The van der Waals surface area contributed by atoms with Gasteiger partial charge in [-0.05, 0) is 32.0 Å². The molecule has 4 rings (SSSR count). The van der Waals surface area contributed by atoms with Gasteiger partial charge in [0.15, 0.2) is 6.61 Å². The Morgan fingerprint density at radius 2 is 2.11 bits per heavy atom. The van der Waals surface area contributed by atoms with Crippen LogP contribution < -0.4 is 4.74 Å². The first-order valence-electron chi connectivity index (χ1n) is 9.68. The Labute approximate surface area is 160 Å². The van der Waals surface area contributed by atoms with Crippen LogP contribution in [0.4, 0.5) is 0 Å². The molecular formula is C21H26N4O2. The number of carbonyl (C=O) groups excluding carboxylic acids is 1. The number of carbonyl (C=O) groups is 1. The smallest absolute Gasteiger partial charge is 0.260 e. The highest BCUT2D eigenvalue weighted by atomic mass is 16.5. The lowest BCUT2D eigenvalue weighted by atomic mass is 9.96. The van der Waals surface area contributed by atoms with Gasteiger partial charge in [-0.25, -0.2) is 9.97 Å². The minimum atomic E-state index is 0.0307. The van der Waals surface area contributed by atoms with Gasteiger partial charge in [-0.3, -0.25) is 4.79 Å². The van der Waals surface area contributed by atoms with Crippen LogP contribution in [0, 0.1) is 0 Å². The summed E-state index contributed by atoms with van der Waals surface area (Å²) < 4.78 is 5.62. The standard InChI is InChI=1S/C21H26N4O2/c1-24-11-9-19-17(13-24)12-22-21(23-19)16-6-5-10-25(14-16)20(26)15-27-18-7-3-2-4-8-18/h2-4,7-8,12,16H,5-6,9-11,13-15H2,1H3/t16-/m0/s1. The molecule has 1 fully saturated rings. The summed E-state index contributed by atoms with van der Waals surface area (Å²) in [5, 5.41) is 0. The molecule has 142 valence electrons. The lowest BCUT2D eigenvalue weighted by molar-refractivity contribution is -0.134. The number of rotatable bonds is 4. The molecule has 1 amide bonds. The van der Waals surface area contributed by atoms with Crippen LogP contribution in [0.2, 0.25) is 0 Å². The maximum atomic E-state index is 12.6. The molecule has 1 atom stereocenters. The second-order valence-electron chi connectivity index (χ2n) is 7.47. The van der Waals surface area contributed by atoms with Gasteiger partial charge < -0.3 is 14.5 Å². The van der Waals surface area contributed by atoms with E-state index < -0.39 is 0 Å². The van der Waals surface area contributed by atoms with Crippen molar-refractivity contribution in [2.45, 2.75) is 31.7 Å². The molecule has 27 heavy (non-hydrogen) atoms. The number of benzene rings is 1. The number of ether oxygens (including phenoxy) is 1. The molecule has 3 heterocycles. The molecule has 6 nitrogen and oxygen atoms in total. The highest BCUT2D eigenvalue weighted by Crippen LogP contribution is 2.26. The fourth-order valence-corrected chi connectivity index (χ4v) is 3.84. The van der Waals surface area contributed by atoms with Gasteiger partial charge in [0.1, 0.15) is 11.6 Å². The summed E-state index contributed by atoms with van der Waals surface area (Å²) in [5.74, 6) is 1.86. The van der Waals surface area contributed by atoms with E-state index in [0.29, 0.717) is 6.54 Å². The third-order valence-corrected chi connectivity index (χ3v) is 5.39. The molecule has 2 aromatic rings. The van der Waals surface area contributed by atoms with Crippen LogP contribution in [0.5, 0.6) is 5.75 Å². The first-order valence-corrected chi connectivity index (χ1v) is 9.68. The largest absolute Gasteiger partial charge is 0.484 e. The molecular weight excluding hydrogens is 340 g/mol. The van der Waals surface area contributed by atoms with Gasteiger partial charge in [-0.2, -0.15) is 0 Å². The van der Waals surface area contributed by atoms with E-state index in [4.69, 9.17) is 9.72 Å². The summed E-state index contributed by atoms with van der Waals surface area (Å²) in [6.45, 7) is 3.49. The van der Waals surface area contributed by atoms with E-state index in [-0.39, 0.29) is 18.4 Å². The predicted octanol–water partition coefficient (Wildman–Crippen LogP) is 2.25. The first-order chi connectivity index (χ1) is 13.2. The lowest BCUT2D eigenvalue weighted by Gasteiger charge is -2.32. The number of piperidine rings is 1. The van der Waals surface area contributed by atoms with E-state index in [0.717, 1.165) is 50.5 Å². The van der Waals surface area contributed by atoms with Gasteiger partial charge >= 0.3 is 0 Å². The average molecular weight is 366 g/mol. The van der Waals surface area contributed by atoms with Crippen LogP contribution in [-0.2, 0) is 17.8 Å². The maximum Gasteiger partial charge on any atom is 0.260 e. The van der Waals surface area contributed by atoms with Gasteiger partial charge in [0.05, 0.1) is 0 Å². The van der Waals surface area contributed by atoms with E-state index in [2.05, 4.69) is 16.9 Å². The normalized spacial score (nSPS) is 20.2. The van der Waals surface area contributed by atoms with E-state index >= 15 is 0 Å². The minimum absolute atomic E-state index is 0.0307. The fraction of sp³-hybridized carbons (Fsp3) is 0.476. The molecule has 0 saturated carbocycles. The molecule has 1 aromatic heterocycles. The topological polar surface area (TPSA) is 58.6 Å². The summed E-state index contributed by atoms with van der Waals surface area (Å²) in [7, 11) is 2.12. The van der Waals surface area contributed by atoms with Crippen LogP contribution in [0.25, 0.3) is 0 Å². The van der Waals surface area contributed by atoms with Gasteiger partial charge in [0, 0.05) is 56.0 Å². The summed E-state index contributed by atoms with van der Waals surface area (Å²) in [6, 6.07) is 9.47. The Morgan fingerprint density at radius 3 is 2.96 bits per heavy atom. The van der Waals surface area contributed by atoms with Gasteiger partial charge in [-0.15, -0.1) is 0 Å². The van der Waals surface area contributed by atoms with Gasteiger partial charge in [-0.1, -0.05) is 18.2 Å². The van der Waals surface area contributed by atoms with Crippen molar-refractivity contribution in [3.05, 3.63) is 53.6 Å². The zero-order valence-corrected chi connectivity index (χ0v) is 15.8. The SMILES string of the molecule is CN1CCc2nc([C@H]3CCCN(C(=O)COc4ccccc4)C3)ncc2C1. The number of aromatic nitrogens is 2. The maximum absolute atomic E-state index is 12.6. The Bertz CT molecular complexity index is 796. The van der Waals surface area contributed by atoms with E-state index in [9.17, 15) is 4.79 Å². The molecule has 2 aliphatic heterocycles. The van der Waals surface area contributed by atoms with Crippen molar-refractivity contribution in [2.24, 2.45) is 0 Å². The monoisotopic (exact) mass is 366 g/mol. The van der Waals surface area contributed by atoms with Gasteiger partial charge in [0.2, 0.25) is 0 Å². The molecule has 1 saturated heterocycles. The van der Waals surface area contributed by atoms with E-state index in [1.54, 1.807) is 0 Å². The first kappa shape index (κ1) is 17.9. The van der Waals surface area contributed by atoms with Crippen LogP contribution in [-0.4, -0.2) is 59.0 Å². The molecule has 6 heteroatoms. The number of nitrogens with zero attached hydrogens (tertiary/aromatic N) is 4. The zero-order chi connectivity index (χ0) is 18.6. The molecule has 2 aliphatic rings. The average Bonchev–Trinajstić information content (AvgIpc) is 2.72. The third kappa shape index (κ3) is 4.27. The van der Waals surface area contributed by atoms with Crippen LogP contribution >= 0.6 is 0 Å². The van der Waals surface area contributed by atoms with Crippen molar-refractivity contribution in [3.8, 4) is 5.75 Å². The Balaban J connectivity index is 1.38. The van der Waals surface area contributed by atoms with Crippen LogP contribution in [0.3, 0.4) is 0 Å². The van der Waals surface area contributed by atoms with Crippen molar-refractivity contribution < 1.29 is 9.53 Å². The number of likely N-dealkylation sites (tertiary alicyclic amines) is 1. The molecule has 0 bridgehead atoms. The molecule has 0 N–H and O–H groups in total. The number of likely N-dealkylation sites (N-methyl/N-ethyl adjacent to an activating group) is 1. The van der Waals surface area contributed by atoms with Crippen molar-refractivity contribution in [1.29, 1.82) is 0 Å². The van der Waals surface area contributed by atoms with Crippen LogP contribution in [0.1, 0.15) is 35.8 Å². The summed E-state index contributed by atoms with van der Waals surface area (Å²) >= 11 is 0. The van der Waals surface area contributed by atoms with Crippen molar-refractivity contribution >= 4 is 5.91 Å². The number of hydrogen-bond donors (Lipinski definition) is 0. The zero-order valence-electron chi connectivity index (χ0n) is 15.8. The Morgan fingerprint density at radius 1 is 1.26 bits per heavy atom. The molecule has 0 aliphatic carbocycles. The van der Waals surface area contributed by atoms with Crippen LogP contribution in [0.15, 0.2) is 36.5 Å². The predicted molar refractivity (Wildman–Crippen MR) is 103 cm³/mol. The van der Waals surface area contributed by atoms with E-state index in [1.807, 2.05) is 41.4 Å². The highest BCUT2D eigenvalue weighted by molar-refractivity contribution is 5.78. The molecule has 0 radical (unpaired) electrons. The molecule has 0 unspecified atom stereocenters. The molecule has 0 spiro atoms. The lowest BCUT2D eigenvalue weighted by Crippen LogP contribution is -2.42. The second kappa shape index (κ2) is 8.05. The Hall–Kier alpha value is -2.47. The number of fused-ring (bicyclic) bond motifs is 1. The van der Waals surface area contributed by atoms with Gasteiger partial charge in [0.25, 0.3) is 5.91 Å². The molecule has 1 aromatic carbocycles. The van der Waals surface area contributed by atoms with Crippen molar-refractivity contribution in [1.82, 2.24) is 19.8 Å². The highest BCUT2D eigenvalue weighted by Gasteiger charge is 2.27. The quantitative estimate of drug-likeness (QED) is 0.831. The summed E-state index contributed by atoms with van der Waals surface area (Å²) in [6.07, 6.45) is 4.96. The van der Waals surface area contributed by atoms with E-state index in [1.165, 1.54) is 11.3 Å². The van der Waals surface area contributed by atoms with Crippen molar-refractivity contribution in [2.75, 3.05) is 33.3 Å². The summed E-state index contributed by atoms with van der Waals surface area (Å²) in [4.78, 5) is 26.2. The minimum Gasteiger partial charge on any atom is -0.484 e. The number of amides is 1. The Kier molecular flexibility index (Phi) is 5.34. The second-order valence-corrected chi connectivity index (χ2v) is 7.47. The summed E-state index contributed by atoms with van der Waals surface area (Å²) in [5.41, 5.74) is 2.40. The number of hydrogen-bond acceptors (Lipinski definition) is 5. The van der Waals surface area contributed by atoms with Crippen molar-refractivity contribution in [3.63, 3.8) is 0 Å².